The molecule has 1 aliphatic rings. The molecule has 1 fully saturated rings. The van der Waals surface area contributed by atoms with E-state index < -0.39 is 10.0 Å². The SMILES string of the molecule is CN=C(NCc1cccs1)NCc1ccc(S(=O)(=O)N2CCOCC2)s1. The van der Waals surface area contributed by atoms with Crippen molar-refractivity contribution in [1.82, 2.24) is 14.9 Å². The summed E-state index contributed by atoms with van der Waals surface area (Å²) in [5.74, 6) is 0.685. The van der Waals surface area contributed by atoms with Gasteiger partial charge in [-0.25, -0.2) is 8.42 Å². The Morgan fingerprint density at radius 1 is 1.19 bits per heavy atom. The average molecular weight is 415 g/mol. The maximum Gasteiger partial charge on any atom is 0.252 e. The number of morpholine rings is 1. The standard InChI is InChI=1S/C16H22N4O3S3/c1-17-16(18-11-13-3-2-10-24-13)19-12-14-4-5-15(25-14)26(21,22)20-6-8-23-9-7-20/h2-5,10H,6-9,11-12H2,1H3,(H2,17,18,19). The number of hydrogen-bond donors (Lipinski definition) is 2. The van der Waals surface area contributed by atoms with Crippen molar-refractivity contribution < 1.29 is 13.2 Å². The Balaban J connectivity index is 1.55. The van der Waals surface area contributed by atoms with E-state index in [1.807, 2.05) is 17.5 Å². The molecule has 7 nitrogen and oxygen atoms in total. The van der Waals surface area contributed by atoms with Crippen molar-refractivity contribution in [3.8, 4) is 0 Å². The summed E-state index contributed by atoms with van der Waals surface area (Å²) in [7, 11) is -1.71. The van der Waals surface area contributed by atoms with Gasteiger partial charge in [0.15, 0.2) is 5.96 Å². The van der Waals surface area contributed by atoms with Gasteiger partial charge in [0.1, 0.15) is 4.21 Å². The lowest BCUT2D eigenvalue weighted by atomic mass is 10.4. The van der Waals surface area contributed by atoms with Gasteiger partial charge in [0.25, 0.3) is 10.0 Å². The van der Waals surface area contributed by atoms with Crippen LogP contribution in [0.3, 0.4) is 0 Å². The van der Waals surface area contributed by atoms with E-state index in [1.54, 1.807) is 24.5 Å². The predicted octanol–water partition coefficient (Wildman–Crippen LogP) is 1.70. The Hall–Kier alpha value is -1.46. The van der Waals surface area contributed by atoms with Crippen molar-refractivity contribution >= 4 is 38.7 Å². The van der Waals surface area contributed by atoms with Gasteiger partial charge < -0.3 is 15.4 Å². The molecule has 3 rings (SSSR count). The van der Waals surface area contributed by atoms with E-state index in [9.17, 15) is 8.42 Å². The molecule has 3 heterocycles. The van der Waals surface area contributed by atoms with Crippen molar-refractivity contribution in [2.75, 3.05) is 33.4 Å². The molecule has 0 radical (unpaired) electrons. The molecule has 0 atom stereocenters. The van der Waals surface area contributed by atoms with Crippen molar-refractivity contribution in [2.45, 2.75) is 17.3 Å². The first-order valence-corrected chi connectivity index (χ1v) is 11.4. The van der Waals surface area contributed by atoms with Crippen molar-refractivity contribution in [3.05, 3.63) is 39.4 Å². The number of nitrogens with zero attached hydrogens (tertiary/aromatic N) is 2. The molecule has 0 spiro atoms. The summed E-state index contributed by atoms with van der Waals surface area (Å²) in [6, 6.07) is 7.60. The number of thiophene rings is 2. The number of nitrogens with one attached hydrogen (secondary N) is 2. The number of ether oxygens (including phenoxy) is 1. The van der Waals surface area contributed by atoms with Crippen LogP contribution in [-0.4, -0.2) is 52.0 Å². The molecule has 2 N–H and O–H groups in total. The summed E-state index contributed by atoms with van der Waals surface area (Å²) in [6.07, 6.45) is 0. The molecular weight excluding hydrogens is 392 g/mol. The van der Waals surface area contributed by atoms with Gasteiger partial charge in [-0.05, 0) is 23.6 Å². The third kappa shape index (κ3) is 4.83. The highest BCUT2D eigenvalue weighted by molar-refractivity contribution is 7.91. The fraction of sp³-hybridized carbons (Fsp3) is 0.438. The zero-order valence-electron chi connectivity index (χ0n) is 14.5. The van der Waals surface area contributed by atoms with E-state index in [-0.39, 0.29) is 0 Å². The molecular formula is C16H22N4O3S3. The van der Waals surface area contributed by atoms with Crippen LogP contribution in [0, 0.1) is 0 Å². The van der Waals surface area contributed by atoms with Gasteiger partial charge in [-0.1, -0.05) is 6.07 Å². The van der Waals surface area contributed by atoms with E-state index in [2.05, 4.69) is 21.7 Å². The van der Waals surface area contributed by atoms with E-state index >= 15 is 0 Å². The van der Waals surface area contributed by atoms with Gasteiger partial charge in [0, 0.05) is 29.9 Å². The summed E-state index contributed by atoms with van der Waals surface area (Å²) >= 11 is 2.97. The molecule has 142 valence electrons. The Morgan fingerprint density at radius 3 is 2.58 bits per heavy atom. The summed E-state index contributed by atoms with van der Waals surface area (Å²) in [5, 5.41) is 8.50. The summed E-state index contributed by atoms with van der Waals surface area (Å²) in [5.41, 5.74) is 0. The van der Waals surface area contributed by atoms with Gasteiger partial charge in [0.05, 0.1) is 26.3 Å². The zero-order chi connectivity index (χ0) is 18.4. The molecule has 0 unspecified atom stereocenters. The highest BCUT2D eigenvalue weighted by Gasteiger charge is 2.27. The third-order valence-electron chi connectivity index (χ3n) is 3.87. The van der Waals surface area contributed by atoms with Crippen LogP contribution in [0.25, 0.3) is 0 Å². The summed E-state index contributed by atoms with van der Waals surface area (Å²) in [4.78, 5) is 6.36. The van der Waals surface area contributed by atoms with Crippen molar-refractivity contribution in [3.63, 3.8) is 0 Å². The Morgan fingerprint density at radius 2 is 1.92 bits per heavy atom. The molecule has 0 aliphatic carbocycles. The largest absolute Gasteiger partial charge is 0.379 e. The first-order chi connectivity index (χ1) is 12.6. The smallest absolute Gasteiger partial charge is 0.252 e. The highest BCUT2D eigenvalue weighted by Crippen LogP contribution is 2.25. The van der Waals surface area contributed by atoms with E-state index in [0.29, 0.717) is 49.6 Å². The van der Waals surface area contributed by atoms with Crippen LogP contribution in [0.5, 0.6) is 0 Å². The second-order valence-corrected chi connectivity index (χ2v) is 9.96. The quantitative estimate of drug-likeness (QED) is 0.555. The Bertz CT molecular complexity index is 825. The topological polar surface area (TPSA) is 83.0 Å². The second-order valence-electron chi connectivity index (χ2n) is 5.60. The molecule has 10 heteroatoms. The van der Waals surface area contributed by atoms with Gasteiger partial charge >= 0.3 is 0 Å². The predicted molar refractivity (Wildman–Crippen MR) is 105 cm³/mol. The maximum absolute atomic E-state index is 12.7. The lowest BCUT2D eigenvalue weighted by Crippen LogP contribution is -2.40. The lowest BCUT2D eigenvalue weighted by Gasteiger charge is -2.25. The Labute approximate surface area is 161 Å². The molecule has 0 aromatic carbocycles. The highest BCUT2D eigenvalue weighted by atomic mass is 32.2. The van der Waals surface area contributed by atoms with Gasteiger partial charge in [-0.3, -0.25) is 4.99 Å². The van der Waals surface area contributed by atoms with Crippen LogP contribution in [-0.2, 0) is 27.8 Å². The maximum atomic E-state index is 12.7. The monoisotopic (exact) mass is 414 g/mol. The minimum absolute atomic E-state index is 0.373. The van der Waals surface area contributed by atoms with Crippen molar-refractivity contribution in [2.24, 2.45) is 4.99 Å². The number of aliphatic imine (C=N–C) groups is 1. The molecule has 1 aliphatic heterocycles. The molecule has 0 saturated carbocycles. The van der Waals surface area contributed by atoms with Crippen LogP contribution in [0.2, 0.25) is 0 Å². The number of rotatable bonds is 6. The molecule has 0 amide bonds. The van der Waals surface area contributed by atoms with Crippen molar-refractivity contribution in [1.29, 1.82) is 0 Å². The number of sulfonamides is 1. The van der Waals surface area contributed by atoms with Gasteiger partial charge in [0.2, 0.25) is 0 Å². The fourth-order valence-corrected chi connectivity index (χ4v) is 5.98. The normalized spacial score (nSPS) is 16.6. The molecule has 2 aromatic rings. The lowest BCUT2D eigenvalue weighted by molar-refractivity contribution is 0.0731. The van der Waals surface area contributed by atoms with Gasteiger partial charge in [-0.2, -0.15) is 4.31 Å². The van der Waals surface area contributed by atoms with Crippen LogP contribution in [0.15, 0.2) is 38.8 Å². The molecule has 2 aromatic heterocycles. The third-order valence-corrected chi connectivity index (χ3v) is 8.19. The first kappa shape index (κ1) is 19.3. The summed E-state index contributed by atoms with van der Waals surface area (Å²) < 4.78 is 32.4. The van der Waals surface area contributed by atoms with Crippen LogP contribution in [0.1, 0.15) is 9.75 Å². The number of guanidine groups is 1. The van der Waals surface area contributed by atoms with E-state index in [4.69, 9.17) is 4.74 Å². The average Bonchev–Trinajstić information content (AvgIpc) is 3.35. The minimum Gasteiger partial charge on any atom is -0.379 e. The Kier molecular flexibility index (Phi) is 6.65. The fourth-order valence-electron chi connectivity index (χ4n) is 2.48. The van der Waals surface area contributed by atoms with Crippen LogP contribution < -0.4 is 10.6 Å². The minimum atomic E-state index is -3.43. The van der Waals surface area contributed by atoms with Crippen LogP contribution in [0.4, 0.5) is 0 Å². The molecule has 1 saturated heterocycles. The number of hydrogen-bond acceptors (Lipinski definition) is 6. The first-order valence-electron chi connectivity index (χ1n) is 8.23. The summed E-state index contributed by atoms with van der Waals surface area (Å²) in [6.45, 7) is 2.95. The molecule has 26 heavy (non-hydrogen) atoms. The second kappa shape index (κ2) is 8.96. The zero-order valence-corrected chi connectivity index (χ0v) is 16.9. The molecule has 0 bridgehead atoms. The van der Waals surface area contributed by atoms with E-state index in [1.165, 1.54) is 20.5 Å². The van der Waals surface area contributed by atoms with E-state index in [0.717, 1.165) is 4.88 Å². The van der Waals surface area contributed by atoms with Crippen LogP contribution >= 0.6 is 22.7 Å². The van der Waals surface area contributed by atoms with Gasteiger partial charge in [-0.15, -0.1) is 22.7 Å².